The van der Waals surface area contributed by atoms with Crippen molar-refractivity contribution in [3.8, 4) is 0 Å². The number of nitrogens with two attached hydrogens (primary N) is 1. The molecule has 3 N–H and O–H groups in total. The van der Waals surface area contributed by atoms with E-state index in [-0.39, 0.29) is 5.84 Å². The number of benzene rings is 1. The molecule has 4 heteroatoms. The predicted octanol–water partition coefficient (Wildman–Crippen LogP) is 3.78. The smallest absolute Gasteiger partial charge is 0.126 e. The Labute approximate surface area is 120 Å². The van der Waals surface area contributed by atoms with E-state index in [1.165, 1.54) is 32.1 Å². The fourth-order valence-electron chi connectivity index (χ4n) is 3.04. The number of nitrogens with zero attached hydrogens (tertiary/aromatic N) is 1. The van der Waals surface area contributed by atoms with E-state index in [2.05, 4.69) is 11.8 Å². The molecule has 0 amide bonds. The number of anilines is 1. The largest absolute Gasteiger partial charge is 0.384 e. The Morgan fingerprint density at radius 1 is 1.37 bits per heavy atom. The van der Waals surface area contributed by atoms with E-state index in [9.17, 15) is 0 Å². The van der Waals surface area contributed by atoms with Gasteiger partial charge in [0.05, 0.1) is 10.6 Å². The van der Waals surface area contributed by atoms with Gasteiger partial charge >= 0.3 is 0 Å². The summed E-state index contributed by atoms with van der Waals surface area (Å²) in [4.78, 5) is 2.36. The van der Waals surface area contributed by atoms with Gasteiger partial charge in [-0.3, -0.25) is 5.41 Å². The maximum absolute atomic E-state index is 7.77. The van der Waals surface area contributed by atoms with Gasteiger partial charge in [0.1, 0.15) is 5.84 Å². The van der Waals surface area contributed by atoms with Crippen molar-refractivity contribution in [3.05, 3.63) is 28.8 Å². The lowest BCUT2D eigenvalue weighted by atomic mass is 9.93. The number of rotatable bonds is 4. The molecular weight excluding hydrogens is 258 g/mol. The Bertz CT molecular complexity index is 453. The predicted molar refractivity (Wildman–Crippen MR) is 82.4 cm³/mol. The van der Waals surface area contributed by atoms with Crippen LogP contribution in [0.3, 0.4) is 0 Å². The third-order valence-electron chi connectivity index (χ3n) is 3.93. The van der Waals surface area contributed by atoms with Gasteiger partial charge in [-0.15, -0.1) is 0 Å². The summed E-state index contributed by atoms with van der Waals surface area (Å²) in [7, 11) is 0. The quantitative estimate of drug-likeness (QED) is 0.651. The fraction of sp³-hybridized carbons (Fsp3) is 0.533. The Morgan fingerprint density at radius 3 is 2.63 bits per heavy atom. The van der Waals surface area contributed by atoms with Crippen molar-refractivity contribution < 1.29 is 0 Å². The second-order valence-electron chi connectivity index (χ2n) is 5.13. The Morgan fingerprint density at radius 2 is 2.05 bits per heavy atom. The van der Waals surface area contributed by atoms with Gasteiger partial charge in [-0.25, -0.2) is 0 Å². The van der Waals surface area contributed by atoms with Crippen LogP contribution in [-0.2, 0) is 0 Å². The summed E-state index contributed by atoms with van der Waals surface area (Å²) in [5.41, 5.74) is 7.40. The highest BCUT2D eigenvalue weighted by molar-refractivity contribution is 6.34. The molecule has 1 aromatic rings. The minimum atomic E-state index is 0.0508. The number of nitrogen functional groups attached to an aromatic ring is 1. The van der Waals surface area contributed by atoms with E-state index in [0.717, 1.165) is 12.2 Å². The highest BCUT2D eigenvalue weighted by Crippen LogP contribution is 2.32. The second-order valence-corrected chi connectivity index (χ2v) is 5.53. The van der Waals surface area contributed by atoms with Crippen LogP contribution in [0.2, 0.25) is 5.02 Å². The zero-order valence-electron chi connectivity index (χ0n) is 11.5. The summed E-state index contributed by atoms with van der Waals surface area (Å²) in [6, 6.07) is 6.32. The summed E-state index contributed by atoms with van der Waals surface area (Å²) in [6.45, 7) is 3.07. The first-order chi connectivity index (χ1) is 9.15. The first-order valence-electron chi connectivity index (χ1n) is 7.04. The average molecular weight is 280 g/mol. The highest BCUT2D eigenvalue weighted by Gasteiger charge is 2.23. The van der Waals surface area contributed by atoms with Crippen molar-refractivity contribution in [2.75, 3.05) is 11.4 Å². The van der Waals surface area contributed by atoms with Crippen LogP contribution in [0.5, 0.6) is 0 Å². The molecule has 1 aliphatic carbocycles. The van der Waals surface area contributed by atoms with Crippen molar-refractivity contribution >= 4 is 23.1 Å². The van der Waals surface area contributed by atoms with Crippen LogP contribution in [0.1, 0.15) is 44.6 Å². The van der Waals surface area contributed by atoms with Crippen molar-refractivity contribution in [1.82, 2.24) is 0 Å². The second kappa shape index (κ2) is 6.29. The third-order valence-corrected chi connectivity index (χ3v) is 4.24. The van der Waals surface area contributed by atoms with Gasteiger partial charge in [0.25, 0.3) is 0 Å². The third kappa shape index (κ3) is 3.03. The normalized spacial score (nSPS) is 16.3. The van der Waals surface area contributed by atoms with Gasteiger partial charge in [-0.2, -0.15) is 0 Å². The molecule has 1 fully saturated rings. The van der Waals surface area contributed by atoms with Crippen LogP contribution < -0.4 is 10.6 Å². The molecule has 0 heterocycles. The lowest BCUT2D eigenvalue weighted by Crippen LogP contribution is -2.38. The maximum Gasteiger partial charge on any atom is 0.126 e. The molecule has 0 radical (unpaired) electrons. The van der Waals surface area contributed by atoms with E-state index in [4.69, 9.17) is 22.7 Å². The van der Waals surface area contributed by atoms with Crippen LogP contribution in [0.15, 0.2) is 18.2 Å². The molecule has 0 atom stereocenters. The zero-order chi connectivity index (χ0) is 13.8. The standard InChI is InChI=1S/C15H22ClN3/c1-2-19(11-7-4-3-5-8-11)13-10-6-9-12(16)14(13)15(17)18/h6,9-11H,2-5,7-8H2,1H3,(H3,17,18). The lowest BCUT2D eigenvalue weighted by molar-refractivity contribution is 0.418. The maximum atomic E-state index is 7.77. The first kappa shape index (κ1) is 14.2. The molecular formula is C15H22ClN3. The molecule has 0 saturated heterocycles. The van der Waals surface area contributed by atoms with E-state index in [0.29, 0.717) is 16.6 Å². The van der Waals surface area contributed by atoms with Gasteiger partial charge < -0.3 is 10.6 Å². The average Bonchev–Trinajstić information content (AvgIpc) is 2.40. The van der Waals surface area contributed by atoms with Gasteiger partial charge in [-0.05, 0) is 31.9 Å². The molecule has 104 valence electrons. The first-order valence-corrected chi connectivity index (χ1v) is 7.42. The van der Waals surface area contributed by atoms with E-state index in [1.807, 2.05) is 12.1 Å². The van der Waals surface area contributed by atoms with E-state index >= 15 is 0 Å². The summed E-state index contributed by atoms with van der Waals surface area (Å²) in [5.74, 6) is 0.0508. The molecule has 19 heavy (non-hydrogen) atoms. The Hall–Kier alpha value is -1.22. The van der Waals surface area contributed by atoms with Gasteiger partial charge in [0, 0.05) is 18.3 Å². The van der Waals surface area contributed by atoms with Crippen LogP contribution in [0, 0.1) is 5.41 Å². The van der Waals surface area contributed by atoms with Crippen LogP contribution in [0.4, 0.5) is 5.69 Å². The zero-order valence-corrected chi connectivity index (χ0v) is 12.2. The molecule has 0 aromatic heterocycles. The summed E-state index contributed by atoms with van der Waals surface area (Å²) < 4.78 is 0. The monoisotopic (exact) mass is 279 g/mol. The molecule has 1 aliphatic rings. The lowest BCUT2D eigenvalue weighted by Gasteiger charge is -2.36. The number of hydrogen-bond donors (Lipinski definition) is 2. The van der Waals surface area contributed by atoms with E-state index in [1.54, 1.807) is 6.07 Å². The molecule has 0 spiro atoms. The molecule has 0 unspecified atom stereocenters. The van der Waals surface area contributed by atoms with Crippen molar-refractivity contribution in [2.24, 2.45) is 5.73 Å². The summed E-state index contributed by atoms with van der Waals surface area (Å²) in [5, 5.41) is 8.33. The van der Waals surface area contributed by atoms with Crippen LogP contribution in [-0.4, -0.2) is 18.4 Å². The number of halogens is 1. The number of amidine groups is 1. The van der Waals surface area contributed by atoms with Crippen LogP contribution in [0.25, 0.3) is 0 Å². The highest BCUT2D eigenvalue weighted by atomic mass is 35.5. The topological polar surface area (TPSA) is 53.1 Å². The molecule has 1 aromatic carbocycles. The number of nitrogens with one attached hydrogen (secondary N) is 1. The Kier molecular flexibility index (Phi) is 4.70. The van der Waals surface area contributed by atoms with E-state index < -0.39 is 0 Å². The van der Waals surface area contributed by atoms with Crippen LogP contribution >= 0.6 is 11.6 Å². The molecule has 1 saturated carbocycles. The van der Waals surface area contributed by atoms with Crippen molar-refractivity contribution in [1.29, 1.82) is 5.41 Å². The summed E-state index contributed by atoms with van der Waals surface area (Å²) in [6.07, 6.45) is 6.35. The van der Waals surface area contributed by atoms with Gasteiger partial charge in [-0.1, -0.05) is 36.9 Å². The van der Waals surface area contributed by atoms with Gasteiger partial charge in [0.2, 0.25) is 0 Å². The summed E-state index contributed by atoms with van der Waals surface area (Å²) >= 11 is 6.22. The minimum absolute atomic E-state index is 0.0508. The van der Waals surface area contributed by atoms with Gasteiger partial charge in [0.15, 0.2) is 0 Å². The van der Waals surface area contributed by atoms with Crippen molar-refractivity contribution in [3.63, 3.8) is 0 Å². The fourth-order valence-corrected chi connectivity index (χ4v) is 3.31. The Balaban J connectivity index is 2.37. The number of hydrogen-bond acceptors (Lipinski definition) is 2. The SMILES string of the molecule is CCN(c1cccc(Cl)c1C(=N)N)C1CCCCC1. The molecule has 0 bridgehead atoms. The molecule has 2 rings (SSSR count). The van der Waals surface area contributed by atoms with Crippen molar-refractivity contribution in [2.45, 2.75) is 45.1 Å². The molecule has 3 nitrogen and oxygen atoms in total. The molecule has 0 aliphatic heterocycles. The minimum Gasteiger partial charge on any atom is -0.384 e.